The molecular formula is C15H15BFNO3. The Kier molecular flexibility index (Phi) is 3.65. The predicted molar refractivity (Wildman–Crippen MR) is 78.1 cm³/mol. The molecule has 0 fully saturated rings. The van der Waals surface area contributed by atoms with E-state index in [1.807, 2.05) is 6.07 Å². The number of halogens is 1. The van der Waals surface area contributed by atoms with Gasteiger partial charge in [-0.15, -0.1) is 0 Å². The molecule has 0 spiro atoms. The molecule has 0 saturated carbocycles. The maximum atomic E-state index is 14.0. The first-order chi connectivity index (χ1) is 10.1. The zero-order valence-electron chi connectivity index (χ0n) is 11.4. The van der Waals surface area contributed by atoms with Gasteiger partial charge in [0.25, 0.3) is 5.56 Å². The van der Waals surface area contributed by atoms with Crippen LogP contribution in [0.2, 0.25) is 0 Å². The lowest BCUT2D eigenvalue weighted by atomic mass is 9.80. The second kappa shape index (κ2) is 5.46. The van der Waals surface area contributed by atoms with Gasteiger partial charge in [-0.2, -0.15) is 0 Å². The summed E-state index contributed by atoms with van der Waals surface area (Å²) in [5, 5.41) is 18.1. The van der Waals surface area contributed by atoms with Gasteiger partial charge in [0.15, 0.2) is 0 Å². The van der Waals surface area contributed by atoms with Crippen molar-refractivity contribution in [3.8, 4) is 0 Å². The van der Waals surface area contributed by atoms with E-state index in [0.717, 1.165) is 36.6 Å². The van der Waals surface area contributed by atoms with Gasteiger partial charge in [-0.25, -0.2) is 4.39 Å². The monoisotopic (exact) mass is 287 g/mol. The molecule has 0 atom stereocenters. The van der Waals surface area contributed by atoms with Crippen LogP contribution in [-0.4, -0.2) is 21.7 Å². The lowest BCUT2D eigenvalue weighted by molar-refractivity contribution is 0.425. The zero-order chi connectivity index (χ0) is 15.0. The molecule has 0 bridgehead atoms. The quantitative estimate of drug-likeness (QED) is 0.793. The van der Waals surface area contributed by atoms with Gasteiger partial charge in [0.05, 0.1) is 6.54 Å². The van der Waals surface area contributed by atoms with Crippen molar-refractivity contribution in [3.05, 3.63) is 63.3 Å². The first-order valence-corrected chi connectivity index (χ1v) is 6.92. The summed E-state index contributed by atoms with van der Waals surface area (Å²) in [5.41, 5.74) is 2.45. The van der Waals surface area contributed by atoms with Gasteiger partial charge in [-0.3, -0.25) is 4.79 Å². The minimum absolute atomic E-state index is 0.0990. The van der Waals surface area contributed by atoms with Crippen LogP contribution in [0.25, 0.3) is 0 Å². The van der Waals surface area contributed by atoms with E-state index in [1.165, 1.54) is 18.2 Å². The molecule has 2 aromatic rings. The lowest BCUT2D eigenvalue weighted by Gasteiger charge is -2.13. The fourth-order valence-corrected chi connectivity index (χ4v) is 2.83. The van der Waals surface area contributed by atoms with Gasteiger partial charge < -0.3 is 14.6 Å². The van der Waals surface area contributed by atoms with Gasteiger partial charge in [-0.1, -0.05) is 18.2 Å². The molecule has 0 radical (unpaired) electrons. The molecule has 1 heterocycles. The highest BCUT2D eigenvalue weighted by molar-refractivity contribution is 6.58. The number of aryl methyl sites for hydroxylation is 1. The van der Waals surface area contributed by atoms with E-state index < -0.39 is 12.9 Å². The smallest absolute Gasteiger partial charge is 0.423 e. The number of rotatable bonds is 3. The Labute approximate surface area is 121 Å². The third-order valence-corrected chi connectivity index (χ3v) is 3.95. The van der Waals surface area contributed by atoms with Crippen molar-refractivity contribution in [3.63, 3.8) is 0 Å². The number of hydrogen-bond donors (Lipinski definition) is 2. The van der Waals surface area contributed by atoms with Gasteiger partial charge in [0.2, 0.25) is 0 Å². The number of hydrogen-bond acceptors (Lipinski definition) is 3. The summed E-state index contributed by atoms with van der Waals surface area (Å²) in [7, 11) is -1.70. The number of pyridine rings is 1. The van der Waals surface area contributed by atoms with Gasteiger partial charge in [-0.05, 0) is 36.4 Å². The first kappa shape index (κ1) is 14.0. The Morgan fingerprint density at radius 2 is 2.00 bits per heavy atom. The summed E-state index contributed by atoms with van der Waals surface area (Å²) >= 11 is 0. The van der Waals surface area contributed by atoms with E-state index in [4.69, 9.17) is 10.0 Å². The normalized spacial score (nSPS) is 13.3. The summed E-state index contributed by atoms with van der Waals surface area (Å²) in [4.78, 5) is 12.0. The van der Waals surface area contributed by atoms with Crippen molar-refractivity contribution >= 4 is 12.6 Å². The van der Waals surface area contributed by atoms with Crippen LogP contribution in [0.3, 0.4) is 0 Å². The molecule has 1 aliphatic rings. The van der Waals surface area contributed by atoms with Crippen LogP contribution in [0.4, 0.5) is 4.39 Å². The molecule has 6 heteroatoms. The van der Waals surface area contributed by atoms with Gasteiger partial charge in [0, 0.05) is 17.3 Å². The summed E-state index contributed by atoms with van der Waals surface area (Å²) in [6, 6.07) is 7.41. The maximum absolute atomic E-state index is 14.0. The van der Waals surface area contributed by atoms with Crippen LogP contribution in [0.15, 0.2) is 35.1 Å². The first-order valence-electron chi connectivity index (χ1n) is 6.92. The molecule has 1 aromatic carbocycles. The Balaban J connectivity index is 1.98. The predicted octanol–water partition coefficient (Wildman–Crippen LogP) is 0.204. The number of benzene rings is 1. The van der Waals surface area contributed by atoms with E-state index in [9.17, 15) is 9.18 Å². The highest BCUT2D eigenvalue weighted by Crippen LogP contribution is 2.21. The summed E-state index contributed by atoms with van der Waals surface area (Å²) in [6.45, 7) is 0.162. The van der Waals surface area contributed by atoms with Crippen molar-refractivity contribution in [1.29, 1.82) is 0 Å². The van der Waals surface area contributed by atoms with Crippen LogP contribution in [0.5, 0.6) is 0 Å². The van der Waals surface area contributed by atoms with Crippen LogP contribution < -0.4 is 11.0 Å². The summed E-state index contributed by atoms with van der Waals surface area (Å²) < 4.78 is 15.6. The molecule has 0 amide bonds. The van der Waals surface area contributed by atoms with Crippen LogP contribution in [0.1, 0.15) is 23.2 Å². The molecule has 0 saturated heterocycles. The molecule has 2 N–H and O–H groups in total. The molecule has 0 unspecified atom stereocenters. The van der Waals surface area contributed by atoms with Crippen molar-refractivity contribution in [1.82, 2.24) is 4.57 Å². The minimum atomic E-state index is -1.70. The molecule has 108 valence electrons. The summed E-state index contributed by atoms with van der Waals surface area (Å²) in [6.07, 6.45) is 2.80. The van der Waals surface area contributed by atoms with Crippen molar-refractivity contribution in [2.75, 3.05) is 0 Å². The van der Waals surface area contributed by atoms with Crippen molar-refractivity contribution < 1.29 is 14.4 Å². The molecule has 1 aromatic heterocycles. The third-order valence-electron chi connectivity index (χ3n) is 3.95. The summed E-state index contributed by atoms with van der Waals surface area (Å²) in [5.74, 6) is -0.539. The van der Waals surface area contributed by atoms with E-state index in [-0.39, 0.29) is 17.6 Å². The fourth-order valence-electron chi connectivity index (χ4n) is 2.83. The Morgan fingerprint density at radius 1 is 1.19 bits per heavy atom. The second-order valence-electron chi connectivity index (χ2n) is 5.31. The second-order valence-corrected chi connectivity index (χ2v) is 5.31. The Hall–Kier alpha value is -1.92. The van der Waals surface area contributed by atoms with E-state index >= 15 is 0 Å². The third kappa shape index (κ3) is 2.64. The molecule has 3 rings (SSSR count). The lowest BCUT2D eigenvalue weighted by Crippen LogP contribution is -2.30. The largest absolute Gasteiger partial charge is 0.488 e. The Morgan fingerprint density at radius 3 is 2.71 bits per heavy atom. The minimum Gasteiger partial charge on any atom is -0.423 e. The number of nitrogens with zero attached hydrogens (tertiary/aromatic N) is 1. The number of aromatic nitrogens is 1. The fraction of sp³-hybridized carbons (Fsp3) is 0.267. The highest BCUT2D eigenvalue weighted by atomic mass is 19.1. The SMILES string of the molecule is O=c1ccc2c(n1Cc1ccc(B(O)O)cc1F)CCC2. The van der Waals surface area contributed by atoms with E-state index in [2.05, 4.69) is 0 Å². The standard InChI is InChI=1S/C15H15BFNO3/c17-13-8-12(16(20)21)6-4-11(13)9-18-14-3-1-2-10(14)5-7-15(18)19/h4-8,20-21H,1-3,9H2. The molecule has 1 aliphatic carbocycles. The van der Waals surface area contributed by atoms with Gasteiger partial charge in [0.1, 0.15) is 5.82 Å². The zero-order valence-corrected chi connectivity index (χ0v) is 11.4. The van der Waals surface area contributed by atoms with Crippen molar-refractivity contribution in [2.24, 2.45) is 0 Å². The molecule has 0 aliphatic heterocycles. The van der Waals surface area contributed by atoms with Crippen molar-refractivity contribution in [2.45, 2.75) is 25.8 Å². The molecular weight excluding hydrogens is 272 g/mol. The maximum Gasteiger partial charge on any atom is 0.488 e. The Bertz CT molecular complexity index is 742. The van der Waals surface area contributed by atoms with E-state index in [1.54, 1.807) is 4.57 Å². The topological polar surface area (TPSA) is 62.5 Å². The van der Waals surface area contributed by atoms with Crippen LogP contribution in [-0.2, 0) is 19.4 Å². The number of fused-ring (bicyclic) bond motifs is 1. The van der Waals surface area contributed by atoms with E-state index in [0.29, 0.717) is 5.56 Å². The highest BCUT2D eigenvalue weighted by Gasteiger charge is 2.18. The molecule has 4 nitrogen and oxygen atoms in total. The van der Waals surface area contributed by atoms with Gasteiger partial charge >= 0.3 is 7.12 Å². The average Bonchev–Trinajstić information content (AvgIpc) is 2.92. The van der Waals surface area contributed by atoms with Crippen LogP contribution >= 0.6 is 0 Å². The van der Waals surface area contributed by atoms with Crippen LogP contribution in [0, 0.1) is 5.82 Å². The molecule has 21 heavy (non-hydrogen) atoms. The average molecular weight is 287 g/mol.